The molecule has 34 heavy (non-hydrogen) atoms. The summed E-state index contributed by atoms with van der Waals surface area (Å²) in [6.07, 6.45) is 2.38. The summed E-state index contributed by atoms with van der Waals surface area (Å²) in [5.74, 6) is -1.24. The standard InChI is InChI=1S/C23H16N4O7/c1-33-20-10-14(5-7-19(20)34-21-8-6-18(13-25-21)27(31)32)9-16(12-24)22(28)26-17-4-2-3-15(11-17)23(29)30/h2-11,13H,1H3,(H,26,28)(H,29,30). The Hall–Kier alpha value is -5.24. The molecule has 3 rings (SSSR count). The number of methoxy groups -OCH3 is 1. The van der Waals surface area contributed by atoms with Gasteiger partial charge in [-0.15, -0.1) is 0 Å². The van der Waals surface area contributed by atoms with Crippen LogP contribution in [0.25, 0.3) is 6.08 Å². The van der Waals surface area contributed by atoms with E-state index in [2.05, 4.69) is 10.3 Å². The Bertz CT molecular complexity index is 1330. The number of rotatable bonds is 8. The van der Waals surface area contributed by atoms with E-state index >= 15 is 0 Å². The van der Waals surface area contributed by atoms with Gasteiger partial charge in [0.15, 0.2) is 11.5 Å². The third-order valence-corrected chi connectivity index (χ3v) is 4.38. The van der Waals surface area contributed by atoms with Gasteiger partial charge in [0.1, 0.15) is 17.8 Å². The van der Waals surface area contributed by atoms with Crippen LogP contribution in [0.2, 0.25) is 0 Å². The van der Waals surface area contributed by atoms with Crippen molar-refractivity contribution in [3.63, 3.8) is 0 Å². The van der Waals surface area contributed by atoms with Gasteiger partial charge in [-0.05, 0) is 42.0 Å². The summed E-state index contributed by atoms with van der Waals surface area (Å²) in [5.41, 5.74) is 0.253. The van der Waals surface area contributed by atoms with Crippen LogP contribution in [0.1, 0.15) is 15.9 Å². The van der Waals surface area contributed by atoms with Crippen molar-refractivity contribution in [3.8, 4) is 23.4 Å². The predicted molar refractivity (Wildman–Crippen MR) is 120 cm³/mol. The third kappa shape index (κ3) is 5.71. The number of carboxylic acid groups (broad SMARTS) is 1. The smallest absolute Gasteiger partial charge is 0.335 e. The van der Waals surface area contributed by atoms with E-state index in [1.807, 2.05) is 6.07 Å². The van der Waals surface area contributed by atoms with Crippen molar-refractivity contribution >= 4 is 29.3 Å². The van der Waals surface area contributed by atoms with Crippen LogP contribution in [0.4, 0.5) is 11.4 Å². The highest BCUT2D eigenvalue weighted by Crippen LogP contribution is 2.32. The Morgan fingerprint density at radius 2 is 1.97 bits per heavy atom. The lowest BCUT2D eigenvalue weighted by atomic mass is 10.1. The fourth-order valence-electron chi connectivity index (χ4n) is 2.76. The maximum absolute atomic E-state index is 12.5. The molecule has 3 aromatic rings. The number of benzene rings is 2. The van der Waals surface area contributed by atoms with Crippen LogP contribution in [-0.2, 0) is 4.79 Å². The van der Waals surface area contributed by atoms with Crippen molar-refractivity contribution in [2.75, 3.05) is 12.4 Å². The Morgan fingerprint density at radius 1 is 1.18 bits per heavy atom. The number of hydrogen-bond donors (Lipinski definition) is 2. The van der Waals surface area contributed by atoms with Crippen LogP contribution < -0.4 is 14.8 Å². The number of carboxylic acids is 1. The summed E-state index contributed by atoms with van der Waals surface area (Å²) in [6, 6.07) is 14.6. The fourth-order valence-corrected chi connectivity index (χ4v) is 2.76. The van der Waals surface area contributed by atoms with Gasteiger partial charge in [-0.1, -0.05) is 12.1 Å². The minimum absolute atomic E-state index is 0.0110. The number of hydrogen-bond acceptors (Lipinski definition) is 8. The third-order valence-electron chi connectivity index (χ3n) is 4.38. The van der Waals surface area contributed by atoms with Crippen LogP contribution in [0, 0.1) is 21.4 Å². The van der Waals surface area contributed by atoms with Gasteiger partial charge in [-0.25, -0.2) is 9.78 Å². The molecular formula is C23H16N4O7. The summed E-state index contributed by atoms with van der Waals surface area (Å²) >= 11 is 0. The molecule has 2 N–H and O–H groups in total. The summed E-state index contributed by atoms with van der Waals surface area (Å²) in [7, 11) is 1.40. The van der Waals surface area contributed by atoms with E-state index in [1.54, 1.807) is 6.07 Å². The number of nitrogens with one attached hydrogen (secondary N) is 1. The molecule has 1 heterocycles. The number of carbonyl (C=O) groups is 2. The SMILES string of the molecule is COc1cc(C=C(C#N)C(=O)Nc2cccc(C(=O)O)c2)ccc1Oc1ccc([N+](=O)[O-])cn1. The molecule has 0 atom stereocenters. The first-order valence-corrected chi connectivity index (χ1v) is 9.53. The molecule has 11 nitrogen and oxygen atoms in total. The Morgan fingerprint density at radius 3 is 2.59 bits per heavy atom. The topological polar surface area (TPSA) is 165 Å². The second kappa shape index (κ2) is 10.4. The summed E-state index contributed by atoms with van der Waals surface area (Å²) in [4.78, 5) is 37.6. The Kier molecular flexibility index (Phi) is 7.15. The summed E-state index contributed by atoms with van der Waals surface area (Å²) in [5, 5.41) is 31.7. The lowest BCUT2D eigenvalue weighted by molar-refractivity contribution is -0.385. The second-order valence-electron chi connectivity index (χ2n) is 6.63. The molecule has 0 aliphatic rings. The lowest BCUT2D eigenvalue weighted by Gasteiger charge is -2.10. The molecule has 1 aromatic heterocycles. The summed E-state index contributed by atoms with van der Waals surface area (Å²) in [6.45, 7) is 0. The highest BCUT2D eigenvalue weighted by Gasteiger charge is 2.13. The predicted octanol–water partition coefficient (Wildman–Crippen LogP) is 4.03. The monoisotopic (exact) mass is 460 g/mol. The van der Waals surface area contributed by atoms with E-state index in [4.69, 9.17) is 14.6 Å². The minimum atomic E-state index is -1.15. The van der Waals surface area contributed by atoms with Gasteiger partial charge in [0.25, 0.3) is 11.6 Å². The van der Waals surface area contributed by atoms with Gasteiger partial charge in [0.2, 0.25) is 5.88 Å². The average Bonchev–Trinajstić information content (AvgIpc) is 2.83. The number of carbonyl (C=O) groups excluding carboxylic acids is 1. The van der Waals surface area contributed by atoms with E-state index in [0.29, 0.717) is 5.56 Å². The number of anilines is 1. The number of aromatic nitrogens is 1. The zero-order valence-corrected chi connectivity index (χ0v) is 17.6. The zero-order chi connectivity index (χ0) is 24.7. The van der Waals surface area contributed by atoms with Crippen molar-refractivity contribution in [2.24, 2.45) is 0 Å². The molecule has 2 aromatic carbocycles. The van der Waals surface area contributed by atoms with Crippen molar-refractivity contribution in [3.05, 3.63) is 87.6 Å². The highest BCUT2D eigenvalue weighted by atomic mass is 16.6. The molecule has 0 saturated carbocycles. The first-order valence-electron chi connectivity index (χ1n) is 9.53. The molecule has 1 amide bonds. The van der Waals surface area contributed by atoms with Gasteiger partial charge in [-0.3, -0.25) is 14.9 Å². The first-order chi connectivity index (χ1) is 16.3. The van der Waals surface area contributed by atoms with Gasteiger partial charge in [0, 0.05) is 17.8 Å². The van der Waals surface area contributed by atoms with Crippen molar-refractivity contribution in [1.82, 2.24) is 4.98 Å². The number of nitriles is 1. The van der Waals surface area contributed by atoms with E-state index in [9.17, 15) is 25.0 Å². The number of nitrogens with zero attached hydrogens (tertiary/aromatic N) is 3. The lowest BCUT2D eigenvalue weighted by Crippen LogP contribution is -2.14. The maximum Gasteiger partial charge on any atom is 0.335 e. The number of pyridine rings is 1. The van der Waals surface area contributed by atoms with Crippen LogP contribution in [-0.4, -0.2) is 34.0 Å². The fraction of sp³-hybridized carbons (Fsp3) is 0.0435. The van der Waals surface area contributed by atoms with Crippen LogP contribution in [0.5, 0.6) is 17.4 Å². The quantitative estimate of drug-likeness (QED) is 0.218. The molecule has 0 fully saturated rings. The van der Waals surface area contributed by atoms with Gasteiger partial charge in [0.05, 0.1) is 17.6 Å². The Balaban J connectivity index is 1.80. The van der Waals surface area contributed by atoms with E-state index in [-0.39, 0.29) is 39.9 Å². The minimum Gasteiger partial charge on any atom is -0.493 e. The van der Waals surface area contributed by atoms with Crippen molar-refractivity contribution in [1.29, 1.82) is 5.26 Å². The number of ether oxygens (including phenoxy) is 2. The largest absolute Gasteiger partial charge is 0.493 e. The molecule has 0 spiro atoms. The molecular weight excluding hydrogens is 444 g/mol. The molecule has 0 bridgehead atoms. The molecule has 0 aliphatic carbocycles. The molecule has 0 aliphatic heterocycles. The average molecular weight is 460 g/mol. The van der Waals surface area contributed by atoms with Crippen LogP contribution in [0.3, 0.4) is 0 Å². The first kappa shape index (κ1) is 23.4. The van der Waals surface area contributed by atoms with E-state index in [1.165, 1.54) is 61.7 Å². The van der Waals surface area contributed by atoms with Gasteiger partial charge in [-0.2, -0.15) is 5.26 Å². The second-order valence-corrected chi connectivity index (χ2v) is 6.63. The van der Waals surface area contributed by atoms with Gasteiger partial charge < -0.3 is 19.9 Å². The van der Waals surface area contributed by atoms with Crippen molar-refractivity contribution in [2.45, 2.75) is 0 Å². The maximum atomic E-state index is 12.5. The van der Waals surface area contributed by atoms with E-state index in [0.717, 1.165) is 6.20 Å². The van der Waals surface area contributed by atoms with Crippen LogP contribution >= 0.6 is 0 Å². The van der Waals surface area contributed by atoms with Crippen LogP contribution in [0.15, 0.2) is 66.4 Å². The number of amides is 1. The molecule has 0 saturated heterocycles. The highest BCUT2D eigenvalue weighted by molar-refractivity contribution is 6.10. The molecule has 0 radical (unpaired) electrons. The molecule has 170 valence electrons. The summed E-state index contributed by atoms with van der Waals surface area (Å²) < 4.78 is 10.9. The Labute approximate surface area is 192 Å². The van der Waals surface area contributed by atoms with Crippen molar-refractivity contribution < 1.29 is 29.1 Å². The molecule has 0 unspecified atom stereocenters. The zero-order valence-electron chi connectivity index (χ0n) is 17.6. The van der Waals surface area contributed by atoms with Gasteiger partial charge >= 0.3 is 5.97 Å². The number of aromatic carboxylic acids is 1. The number of nitro groups is 1. The molecule has 11 heteroatoms. The van der Waals surface area contributed by atoms with E-state index < -0.39 is 16.8 Å². The normalized spacial score (nSPS) is 10.6.